The van der Waals surface area contributed by atoms with E-state index in [-0.39, 0.29) is 43.5 Å². The fraction of sp³-hybridized carbons (Fsp3) is 0.511. The van der Waals surface area contributed by atoms with E-state index < -0.39 is 24.0 Å². The van der Waals surface area contributed by atoms with Crippen LogP contribution in [0.1, 0.15) is 88.2 Å². The van der Waals surface area contributed by atoms with E-state index in [0.29, 0.717) is 36.6 Å². The van der Waals surface area contributed by atoms with E-state index in [2.05, 4.69) is 96.8 Å². The van der Waals surface area contributed by atoms with E-state index in [0.717, 1.165) is 53.6 Å². The Hall–Kier alpha value is -2.57. The summed E-state index contributed by atoms with van der Waals surface area (Å²) in [5, 5.41) is 30.8. The Bertz CT molecular complexity index is 1740. The number of carbonyl (C=O) groups excluding carboxylic acids is 1. The Labute approximate surface area is 418 Å². The predicted octanol–water partition coefficient (Wildman–Crippen LogP) is 7.33. The minimum absolute atomic E-state index is 0. The van der Waals surface area contributed by atoms with Crippen molar-refractivity contribution in [3.05, 3.63) is 102 Å². The van der Waals surface area contributed by atoms with Gasteiger partial charge in [-0.2, -0.15) is 23.5 Å². The van der Waals surface area contributed by atoms with Crippen LogP contribution in [0.3, 0.4) is 0 Å². The van der Waals surface area contributed by atoms with Crippen molar-refractivity contribution in [2.75, 3.05) is 37.1 Å². The molecule has 0 amide bonds. The number of allylic oxidation sites excluding steroid dienone is 6. The van der Waals surface area contributed by atoms with Crippen LogP contribution in [0.25, 0.3) is 10.9 Å². The summed E-state index contributed by atoms with van der Waals surface area (Å²) in [5.41, 5.74) is 10.8. The third-order valence-corrected chi connectivity index (χ3v) is 10.7. The van der Waals surface area contributed by atoms with Gasteiger partial charge >= 0.3 is 48.0 Å². The molecule has 2 aromatic rings. The standard InChI is InChI=1S/C24H31N3O2S.C10H8BrN.C4H9NO2S.4C2H6.CH2O3.Na.H/c1-30-16-23(24(28)29)27(14-19-12-10-17-6-2-4-8-21(17)25-19)15-20-13-11-18-7-3-5-9-22(18)26-20;11-7-9-6-5-8-3-1-2-4-10(8)12-9;1-8-2-3(5)4(6)7;4*1-2;2-1-4-3;;/h2-6,9-10,12,18-19,21,23,25H,7-8,11,13-16H2,1H3,(H,28,29);1-6H,7H2;3H,2,5H2,1H3,(H,6,7);4*1-2H3;1,3H;;/q;;;;;;;;+1;-1/t18-,19-,21-,23?;;;;;;;;;/m0........./s1. The van der Waals surface area contributed by atoms with Crippen LogP contribution in [0, 0.1) is 5.92 Å². The maximum absolute atomic E-state index is 12.1. The second kappa shape index (κ2) is 42.1. The molecule has 0 bridgehead atoms. The zero-order valence-electron chi connectivity index (χ0n) is 40.5. The van der Waals surface area contributed by atoms with Gasteiger partial charge in [-0.15, -0.1) is 0 Å². The summed E-state index contributed by atoms with van der Waals surface area (Å²) >= 11 is 6.40. The van der Waals surface area contributed by atoms with Crippen molar-refractivity contribution in [1.82, 2.24) is 15.2 Å². The molecule has 2 aliphatic carbocycles. The van der Waals surface area contributed by atoms with Crippen molar-refractivity contribution in [1.29, 1.82) is 0 Å². The Morgan fingerprint density at radius 3 is 2.16 bits per heavy atom. The number of carboxylic acid groups (broad SMARTS) is 2. The summed E-state index contributed by atoms with van der Waals surface area (Å²) in [6.45, 7) is 17.2. The fourth-order valence-corrected chi connectivity index (χ4v) is 7.59. The number of pyridine rings is 1. The van der Waals surface area contributed by atoms with Gasteiger partial charge in [0.2, 0.25) is 0 Å². The number of hydrogen-bond donors (Lipinski definition) is 5. The number of hydrogen-bond acceptors (Lipinski definition) is 12. The molecule has 350 valence electrons. The molecule has 6 N–H and O–H groups in total. The molecule has 0 spiro atoms. The minimum Gasteiger partial charge on any atom is -1.00 e. The van der Waals surface area contributed by atoms with Crippen LogP contribution in [0.5, 0.6) is 0 Å². The Kier molecular flexibility index (Phi) is 43.2. The molecule has 0 saturated heterocycles. The third kappa shape index (κ3) is 26.2. The average molecular weight is 989 g/mol. The van der Waals surface area contributed by atoms with Gasteiger partial charge in [-0.1, -0.05) is 138 Å². The number of alkyl halides is 1. The van der Waals surface area contributed by atoms with Crippen LogP contribution in [0.15, 0.2) is 101 Å². The number of benzene rings is 1. The van der Waals surface area contributed by atoms with Gasteiger partial charge in [-0.25, -0.2) is 5.26 Å². The number of nitrogens with one attached hydrogen (secondary N) is 1. The number of rotatable bonds is 13. The van der Waals surface area contributed by atoms with Crippen LogP contribution < -0.4 is 40.6 Å². The number of thioether (sulfide) groups is 2. The second-order valence-corrected chi connectivity index (χ2v) is 15.0. The molecule has 3 heterocycles. The molecule has 2 aliphatic heterocycles. The van der Waals surface area contributed by atoms with Crippen LogP contribution in [-0.2, 0) is 24.6 Å². The molecule has 1 aromatic heterocycles. The summed E-state index contributed by atoms with van der Waals surface area (Å²) in [4.78, 5) is 45.1. The third-order valence-electron chi connectivity index (χ3n) is 8.81. The molecule has 0 saturated carbocycles. The van der Waals surface area contributed by atoms with E-state index in [9.17, 15) is 14.7 Å². The van der Waals surface area contributed by atoms with Gasteiger partial charge < -0.3 is 27.6 Å². The maximum Gasteiger partial charge on any atom is 1.00 e. The smallest absolute Gasteiger partial charge is 1.00 e. The first-order valence-electron chi connectivity index (χ1n) is 21.5. The average Bonchev–Trinajstić information content (AvgIpc) is 3.33. The van der Waals surface area contributed by atoms with E-state index in [1.165, 1.54) is 22.7 Å². The van der Waals surface area contributed by atoms with E-state index in [1.807, 2.05) is 92.2 Å². The van der Waals surface area contributed by atoms with Gasteiger partial charge in [-0.05, 0) is 62.0 Å². The Morgan fingerprint density at radius 1 is 0.968 bits per heavy atom. The summed E-state index contributed by atoms with van der Waals surface area (Å²) in [6.07, 6.45) is 25.1. The molecule has 5 atom stereocenters. The number of aromatic nitrogens is 1. The number of nitrogens with two attached hydrogens (primary N) is 1. The SMILES string of the molecule is BrCc1ccc2ccccc2n1.CC.CC.CC.CC.CSCC(C(=O)O)N(CC1=NC2=CC=CC[C@H]2CC1)C[C@@H]1C=CC2=CC=CC[C@@H]2N1.CSCC(N)C(=O)O.O=COO.[H-].[Na+]. The van der Waals surface area contributed by atoms with Gasteiger partial charge in [0.05, 0.1) is 11.2 Å². The van der Waals surface area contributed by atoms with Gasteiger partial charge in [0, 0.05) is 64.7 Å². The quantitative estimate of drug-likeness (QED) is 0.0442. The van der Waals surface area contributed by atoms with E-state index >= 15 is 0 Å². The van der Waals surface area contributed by atoms with Crippen LogP contribution in [0.4, 0.5) is 0 Å². The Balaban J connectivity index is -0.000000438. The summed E-state index contributed by atoms with van der Waals surface area (Å²) < 4.78 is 0. The normalized spacial score (nSPS) is 17.9. The first-order valence-corrected chi connectivity index (χ1v) is 25.4. The molecule has 4 aliphatic rings. The zero-order chi connectivity index (χ0) is 47.3. The number of halogens is 1. The molecule has 0 fully saturated rings. The molecule has 2 unspecified atom stereocenters. The molecule has 1 aromatic carbocycles. The van der Waals surface area contributed by atoms with Gasteiger partial charge in [-0.3, -0.25) is 29.3 Å². The van der Waals surface area contributed by atoms with Crippen molar-refractivity contribution >= 4 is 74.5 Å². The second-order valence-electron chi connectivity index (χ2n) is 12.7. The van der Waals surface area contributed by atoms with Gasteiger partial charge in [0.15, 0.2) is 0 Å². The van der Waals surface area contributed by atoms with Crippen molar-refractivity contribution in [3.63, 3.8) is 0 Å². The van der Waals surface area contributed by atoms with Crippen LogP contribution >= 0.6 is 39.5 Å². The van der Waals surface area contributed by atoms with Crippen LogP contribution in [0.2, 0.25) is 0 Å². The van der Waals surface area contributed by atoms with Crippen LogP contribution in [-0.4, -0.2) is 111 Å². The molecular formula is C47H75BrN5NaO7S2. The Morgan fingerprint density at radius 2 is 1.59 bits per heavy atom. The molecule has 12 nitrogen and oxygen atoms in total. The molecule has 0 radical (unpaired) electrons. The van der Waals surface area contributed by atoms with Crippen molar-refractivity contribution < 1.29 is 65.7 Å². The number of nitrogens with zero attached hydrogens (tertiary/aromatic N) is 3. The monoisotopic (exact) mass is 987 g/mol. The molecular weight excluding hydrogens is 914 g/mol. The molecule has 6 rings (SSSR count). The number of fused-ring (bicyclic) bond motifs is 3. The predicted molar refractivity (Wildman–Crippen MR) is 270 cm³/mol. The first-order chi connectivity index (χ1) is 30.1. The topological polar surface area (TPSA) is 188 Å². The number of aliphatic imine (C=N–C) groups is 1. The van der Waals surface area contributed by atoms with Crippen molar-refractivity contribution in [3.8, 4) is 0 Å². The minimum atomic E-state index is -0.931. The van der Waals surface area contributed by atoms with Gasteiger partial charge in [0.25, 0.3) is 0 Å². The summed E-state index contributed by atoms with van der Waals surface area (Å²) in [5.74, 6) is -0.0975. The number of para-hydroxylation sites is 1. The molecule has 16 heteroatoms. The largest absolute Gasteiger partial charge is 1.00 e. The number of carboxylic acids is 2. The van der Waals surface area contributed by atoms with Gasteiger partial charge in [0.1, 0.15) is 12.1 Å². The fourth-order valence-electron chi connectivity index (χ4n) is 6.10. The summed E-state index contributed by atoms with van der Waals surface area (Å²) in [7, 11) is 0. The van der Waals surface area contributed by atoms with Crippen molar-refractivity contribution in [2.24, 2.45) is 16.6 Å². The zero-order valence-corrected chi connectivity index (χ0v) is 44.7. The van der Waals surface area contributed by atoms with E-state index in [4.69, 9.17) is 25.9 Å². The number of aliphatic carboxylic acids is 2. The first kappa shape index (κ1) is 64.7. The number of carbonyl (C=O) groups is 3. The maximum atomic E-state index is 12.1. The van der Waals surface area contributed by atoms with Crippen molar-refractivity contribution in [2.45, 2.75) is 111 Å². The summed E-state index contributed by atoms with van der Waals surface area (Å²) in [6, 6.07) is 11.5. The molecule has 63 heavy (non-hydrogen) atoms. The van der Waals surface area contributed by atoms with E-state index in [1.54, 1.807) is 11.8 Å².